The normalized spacial score (nSPS) is 14.7. The summed E-state index contributed by atoms with van der Waals surface area (Å²) in [6.45, 7) is 2.77. The van der Waals surface area contributed by atoms with Crippen LogP contribution >= 0.6 is 11.3 Å². The molecule has 0 aromatic carbocycles. The van der Waals surface area contributed by atoms with Crippen molar-refractivity contribution in [2.24, 2.45) is 5.92 Å². The van der Waals surface area contributed by atoms with Crippen LogP contribution in [0.2, 0.25) is 0 Å². The predicted octanol–water partition coefficient (Wildman–Crippen LogP) is 1.68. The maximum atomic E-state index is 12.3. The van der Waals surface area contributed by atoms with E-state index in [1.165, 1.54) is 24.2 Å². The van der Waals surface area contributed by atoms with E-state index in [1.807, 2.05) is 12.3 Å². The Morgan fingerprint density at radius 2 is 2.35 bits per heavy atom. The van der Waals surface area contributed by atoms with Crippen molar-refractivity contribution < 1.29 is 4.79 Å². The highest BCUT2D eigenvalue weighted by Gasteiger charge is 2.24. The number of thiophene rings is 1. The Morgan fingerprint density at radius 3 is 3.10 bits per heavy atom. The van der Waals surface area contributed by atoms with Crippen molar-refractivity contribution in [1.29, 1.82) is 0 Å². The molecule has 0 unspecified atom stereocenters. The summed E-state index contributed by atoms with van der Waals surface area (Å²) < 4.78 is 1.63. The maximum Gasteiger partial charge on any atom is 0.262 e. The zero-order chi connectivity index (χ0) is 14.1. The molecule has 1 aliphatic carbocycles. The number of rotatable bonds is 5. The molecule has 2 aromatic heterocycles. The van der Waals surface area contributed by atoms with E-state index in [1.54, 1.807) is 10.6 Å². The Kier molecular flexibility index (Phi) is 3.56. The Hall–Kier alpha value is -1.69. The van der Waals surface area contributed by atoms with Crippen molar-refractivity contribution in [3.63, 3.8) is 0 Å². The molecule has 0 atom stereocenters. The van der Waals surface area contributed by atoms with Gasteiger partial charge >= 0.3 is 0 Å². The van der Waals surface area contributed by atoms with Crippen molar-refractivity contribution >= 4 is 27.5 Å². The summed E-state index contributed by atoms with van der Waals surface area (Å²) in [5.74, 6) is 1.37. The molecule has 1 fully saturated rings. The lowest BCUT2D eigenvalue weighted by molar-refractivity contribution is -0.121. The molecule has 2 heterocycles. The third kappa shape index (κ3) is 2.75. The van der Waals surface area contributed by atoms with E-state index in [-0.39, 0.29) is 11.5 Å². The van der Waals surface area contributed by atoms with Gasteiger partial charge in [-0.1, -0.05) is 0 Å². The third-order valence-electron chi connectivity index (χ3n) is 3.60. The zero-order valence-corrected chi connectivity index (χ0v) is 12.2. The highest BCUT2D eigenvalue weighted by Crippen LogP contribution is 2.31. The van der Waals surface area contributed by atoms with Crippen LogP contribution in [0.3, 0.4) is 0 Å². The number of nitrogens with one attached hydrogen (secondary N) is 1. The molecule has 2 aromatic rings. The summed E-state index contributed by atoms with van der Waals surface area (Å²) in [4.78, 5) is 29.1. The molecule has 0 saturated heterocycles. The van der Waals surface area contributed by atoms with E-state index in [2.05, 4.69) is 10.3 Å². The fourth-order valence-corrected chi connectivity index (χ4v) is 3.08. The van der Waals surface area contributed by atoms with E-state index >= 15 is 0 Å². The highest BCUT2D eigenvalue weighted by atomic mass is 32.1. The average Bonchev–Trinajstić information content (AvgIpc) is 3.08. The second-order valence-corrected chi connectivity index (χ2v) is 6.15. The first-order chi connectivity index (χ1) is 9.65. The molecule has 1 N–H and O–H groups in total. The Labute approximate surface area is 120 Å². The number of fused-ring (bicyclic) bond motifs is 1. The number of aryl methyl sites for hydroxylation is 1. The first kappa shape index (κ1) is 13.3. The van der Waals surface area contributed by atoms with Crippen molar-refractivity contribution in [3.05, 3.63) is 27.6 Å². The lowest BCUT2D eigenvalue weighted by atomic mass is 10.3. The molecular formula is C14H17N3O2S. The number of amides is 1. The molecule has 106 valence electrons. The van der Waals surface area contributed by atoms with E-state index in [4.69, 9.17) is 0 Å². The SMILES string of the molecule is Cc1nc2sccc2c(=O)n1CCNC(=O)CC1CC1. The summed E-state index contributed by atoms with van der Waals surface area (Å²) in [6, 6.07) is 1.80. The lowest BCUT2D eigenvalue weighted by Crippen LogP contribution is -2.32. The van der Waals surface area contributed by atoms with Gasteiger partial charge in [0.15, 0.2) is 0 Å². The van der Waals surface area contributed by atoms with Gasteiger partial charge in [0.25, 0.3) is 5.56 Å². The zero-order valence-electron chi connectivity index (χ0n) is 11.4. The maximum absolute atomic E-state index is 12.3. The Balaban J connectivity index is 1.67. The minimum Gasteiger partial charge on any atom is -0.354 e. The topological polar surface area (TPSA) is 64.0 Å². The van der Waals surface area contributed by atoms with Gasteiger partial charge in [0, 0.05) is 19.5 Å². The van der Waals surface area contributed by atoms with Crippen molar-refractivity contribution in [2.45, 2.75) is 32.7 Å². The second kappa shape index (κ2) is 5.36. The molecule has 6 heteroatoms. The first-order valence-corrected chi connectivity index (χ1v) is 7.74. The van der Waals surface area contributed by atoms with Crippen molar-refractivity contribution in [1.82, 2.24) is 14.9 Å². The fourth-order valence-electron chi connectivity index (χ4n) is 2.28. The molecule has 3 rings (SSSR count). The van der Waals surface area contributed by atoms with Crippen LogP contribution in [0, 0.1) is 12.8 Å². The molecule has 5 nitrogen and oxygen atoms in total. The van der Waals surface area contributed by atoms with Gasteiger partial charge in [0.1, 0.15) is 10.7 Å². The molecule has 20 heavy (non-hydrogen) atoms. The number of carbonyl (C=O) groups excluding carboxylic acids is 1. The van der Waals surface area contributed by atoms with Gasteiger partial charge in [-0.3, -0.25) is 14.2 Å². The summed E-state index contributed by atoms with van der Waals surface area (Å²) in [6.07, 6.45) is 2.96. The van der Waals surface area contributed by atoms with Crippen LogP contribution < -0.4 is 10.9 Å². The Morgan fingerprint density at radius 1 is 1.55 bits per heavy atom. The van der Waals surface area contributed by atoms with Gasteiger partial charge in [0.2, 0.25) is 5.91 Å². The average molecular weight is 291 g/mol. The van der Waals surface area contributed by atoms with E-state index in [0.717, 1.165) is 4.83 Å². The van der Waals surface area contributed by atoms with Gasteiger partial charge in [0.05, 0.1) is 5.39 Å². The second-order valence-electron chi connectivity index (χ2n) is 5.25. The lowest BCUT2D eigenvalue weighted by Gasteiger charge is -2.10. The third-order valence-corrected chi connectivity index (χ3v) is 4.41. The quantitative estimate of drug-likeness (QED) is 0.911. The molecule has 0 aliphatic heterocycles. The molecule has 1 saturated carbocycles. The first-order valence-electron chi connectivity index (χ1n) is 6.86. The minimum atomic E-state index is -0.0230. The van der Waals surface area contributed by atoms with Crippen LogP contribution in [-0.4, -0.2) is 22.0 Å². The van der Waals surface area contributed by atoms with E-state index in [9.17, 15) is 9.59 Å². The summed E-state index contributed by atoms with van der Waals surface area (Å²) in [5, 5.41) is 5.41. The van der Waals surface area contributed by atoms with Gasteiger partial charge in [-0.2, -0.15) is 0 Å². The van der Waals surface area contributed by atoms with Gasteiger partial charge < -0.3 is 5.32 Å². The van der Waals surface area contributed by atoms with Crippen LogP contribution in [0.1, 0.15) is 25.1 Å². The van der Waals surface area contributed by atoms with Crippen molar-refractivity contribution in [2.75, 3.05) is 6.54 Å². The summed E-state index contributed by atoms with van der Waals surface area (Å²) >= 11 is 1.47. The minimum absolute atomic E-state index is 0.0230. The molecule has 1 aliphatic rings. The van der Waals surface area contributed by atoms with Crippen molar-refractivity contribution in [3.8, 4) is 0 Å². The largest absolute Gasteiger partial charge is 0.354 e. The molecule has 0 spiro atoms. The molecular weight excluding hydrogens is 274 g/mol. The standard InChI is InChI=1S/C14H17N3O2S/c1-9-16-13-11(4-7-20-13)14(19)17(9)6-5-15-12(18)8-10-2-3-10/h4,7,10H,2-3,5-6,8H2,1H3,(H,15,18). The number of carbonyl (C=O) groups is 1. The van der Waals surface area contributed by atoms with Crippen LogP contribution in [0.25, 0.3) is 10.2 Å². The number of nitrogens with zero attached hydrogens (tertiary/aromatic N) is 2. The molecule has 0 radical (unpaired) electrons. The smallest absolute Gasteiger partial charge is 0.262 e. The molecule has 1 amide bonds. The van der Waals surface area contributed by atoms with E-state index in [0.29, 0.717) is 36.6 Å². The number of hydrogen-bond acceptors (Lipinski definition) is 4. The fraction of sp³-hybridized carbons (Fsp3) is 0.500. The summed E-state index contributed by atoms with van der Waals surface area (Å²) in [7, 11) is 0. The van der Waals surface area contributed by atoms with Crippen LogP contribution in [0.4, 0.5) is 0 Å². The number of aromatic nitrogens is 2. The van der Waals surface area contributed by atoms with Gasteiger partial charge in [-0.15, -0.1) is 11.3 Å². The van der Waals surface area contributed by atoms with Crippen LogP contribution in [-0.2, 0) is 11.3 Å². The monoisotopic (exact) mass is 291 g/mol. The predicted molar refractivity (Wildman–Crippen MR) is 79.0 cm³/mol. The van der Waals surface area contributed by atoms with E-state index < -0.39 is 0 Å². The highest BCUT2D eigenvalue weighted by molar-refractivity contribution is 7.16. The van der Waals surface area contributed by atoms with Gasteiger partial charge in [-0.25, -0.2) is 4.98 Å². The molecule has 0 bridgehead atoms. The van der Waals surface area contributed by atoms with Crippen LogP contribution in [0.5, 0.6) is 0 Å². The Bertz CT molecular complexity index is 700. The summed E-state index contributed by atoms with van der Waals surface area (Å²) in [5.41, 5.74) is -0.0230. The van der Waals surface area contributed by atoms with Crippen LogP contribution in [0.15, 0.2) is 16.2 Å². The van der Waals surface area contributed by atoms with Gasteiger partial charge in [-0.05, 0) is 37.1 Å². The number of hydrogen-bond donors (Lipinski definition) is 1.